The van der Waals surface area contributed by atoms with Gasteiger partial charge in [-0.15, -0.1) is 0 Å². The molecular formula is C20H21FN2O. The van der Waals surface area contributed by atoms with Gasteiger partial charge in [-0.25, -0.2) is 9.37 Å². The number of oxazole rings is 1. The zero-order valence-corrected chi connectivity index (χ0v) is 13.8. The Morgan fingerprint density at radius 1 is 1.25 bits per heavy atom. The molecule has 0 aliphatic carbocycles. The van der Waals surface area contributed by atoms with E-state index in [0.717, 1.165) is 31.1 Å². The van der Waals surface area contributed by atoms with Gasteiger partial charge in [-0.1, -0.05) is 25.1 Å². The van der Waals surface area contributed by atoms with Crippen molar-refractivity contribution >= 4 is 11.1 Å². The van der Waals surface area contributed by atoms with E-state index >= 15 is 0 Å². The number of benzene rings is 2. The molecule has 1 aromatic heterocycles. The molecule has 1 aliphatic rings. The number of hydrogen-bond donors (Lipinski definition) is 0. The molecule has 1 saturated heterocycles. The van der Waals surface area contributed by atoms with Crippen LogP contribution in [0.1, 0.15) is 25.3 Å². The molecule has 0 unspecified atom stereocenters. The fourth-order valence-electron chi connectivity index (χ4n) is 3.51. The minimum atomic E-state index is -0.313. The summed E-state index contributed by atoms with van der Waals surface area (Å²) in [7, 11) is 0. The quantitative estimate of drug-likeness (QED) is 0.688. The van der Waals surface area contributed by atoms with Crippen LogP contribution in [0.2, 0.25) is 0 Å². The highest BCUT2D eigenvalue weighted by atomic mass is 19.1. The second-order valence-corrected chi connectivity index (χ2v) is 6.78. The standard InChI is InChI=1S/C20H21FN2O/c1-14-5-4-10-23(12-14)13-15-8-9-19-18(11-15)22-20(24-19)16-6-2-3-7-17(16)21/h2-3,6-9,11,14H,4-5,10,12-13H2,1H3/t14-/m1/s1. The van der Waals surface area contributed by atoms with Gasteiger partial charge in [0.15, 0.2) is 5.58 Å². The summed E-state index contributed by atoms with van der Waals surface area (Å²) in [5, 5.41) is 0. The molecule has 3 aromatic rings. The Bertz CT molecular complexity index is 858. The second-order valence-electron chi connectivity index (χ2n) is 6.78. The van der Waals surface area contributed by atoms with Gasteiger partial charge >= 0.3 is 0 Å². The summed E-state index contributed by atoms with van der Waals surface area (Å²) < 4.78 is 19.7. The lowest BCUT2D eigenvalue weighted by atomic mass is 10.00. The number of piperidine rings is 1. The number of aromatic nitrogens is 1. The zero-order valence-electron chi connectivity index (χ0n) is 13.8. The lowest BCUT2D eigenvalue weighted by Crippen LogP contribution is -2.33. The maximum Gasteiger partial charge on any atom is 0.230 e. The van der Waals surface area contributed by atoms with Gasteiger partial charge in [0.25, 0.3) is 0 Å². The van der Waals surface area contributed by atoms with Gasteiger partial charge in [-0.3, -0.25) is 4.90 Å². The first-order valence-electron chi connectivity index (χ1n) is 8.56. The molecule has 0 bridgehead atoms. The number of hydrogen-bond acceptors (Lipinski definition) is 3. The Kier molecular flexibility index (Phi) is 4.07. The Labute approximate surface area is 141 Å². The third kappa shape index (κ3) is 3.06. The van der Waals surface area contributed by atoms with E-state index in [1.165, 1.54) is 24.5 Å². The molecule has 2 aromatic carbocycles. The van der Waals surface area contributed by atoms with Gasteiger partial charge in [0.2, 0.25) is 5.89 Å². The maximum atomic E-state index is 13.9. The fraction of sp³-hybridized carbons (Fsp3) is 0.350. The monoisotopic (exact) mass is 324 g/mol. The van der Waals surface area contributed by atoms with Crippen LogP contribution in [0.3, 0.4) is 0 Å². The van der Waals surface area contributed by atoms with Crippen LogP contribution in [0, 0.1) is 11.7 Å². The Hall–Kier alpha value is -2.20. The Balaban J connectivity index is 1.60. The highest BCUT2D eigenvalue weighted by Crippen LogP contribution is 2.27. The third-order valence-electron chi connectivity index (χ3n) is 4.70. The van der Waals surface area contributed by atoms with Crippen molar-refractivity contribution in [3.05, 3.63) is 53.8 Å². The molecule has 3 nitrogen and oxygen atoms in total. The van der Waals surface area contributed by atoms with E-state index in [0.29, 0.717) is 17.0 Å². The Morgan fingerprint density at radius 3 is 2.96 bits per heavy atom. The van der Waals surface area contributed by atoms with E-state index in [4.69, 9.17) is 4.42 Å². The molecular weight excluding hydrogens is 303 g/mol. The first-order chi connectivity index (χ1) is 11.7. The predicted molar refractivity (Wildman–Crippen MR) is 93.1 cm³/mol. The molecule has 2 heterocycles. The predicted octanol–water partition coefficient (Wildman–Crippen LogP) is 4.87. The number of rotatable bonds is 3. The number of halogens is 1. The van der Waals surface area contributed by atoms with Crippen molar-refractivity contribution in [2.75, 3.05) is 13.1 Å². The van der Waals surface area contributed by atoms with E-state index in [1.54, 1.807) is 18.2 Å². The molecule has 0 spiro atoms. The summed E-state index contributed by atoms with van der Waals surface area (Å²) >= 11 is 0. The second kappa shape index (κ2) is 6.36. The van der Waals surface area contributed by atoms with Crippen LogP contribution in [0.5, 0.6) is 0 Å². The smallest absolute Gasteiger partial charge is 0.230 e. The van der Waals surface area contributed by atoms with Crippen LogP contribution in [-0.2, 0) is 6.54 Å². The summed E-state index contributed by atoms with van der Waals surface area (Å²) in [5.74, 6) is 0.792. The first-order valence-corrected chi connectivity index (χ1v) is 8.56. The van der Waals surface area contributed by atoms with Crippen molar-refractivity contribution in [2.24, 2.45) is 5.92 Å². The normalized spacial score (nSPS) is 19.0. The molecule has 4 heteroatoms. The average molecular weight is 324 g/mol. The minimum Gasteiger partial charge on any atom is -0.436 e. The molecule has 0 saturated carbocycles. The maximum absolute atomic E-state index is 13.9. The van der Waals surface area contributed by atoms with Gasteiger partial charge in [0.05, 0.1) is 5.56 Å². The summed E-state index contributed by atoms with van der Waals surface area (Å²) in [6, 6.07) is 12.6. The van der Waals surface area contributed by atoms with Gasteiger partial charge in [0, 0.05) is 13.1 Å². The van der Waals surface area contributed by atoms with E-state index in [-0.39, 0.29) is 5.82 Å². The summed E-state index contributed by atoms with van der Waals surface area (Å²) in [5.41, 5.74) is 3.12. The molecule has 1 atom stereocenters. The third-order valence-corrected chi connectivity index (χ3v) is 4.70. The Morgan fingerprint density at radius 2 is 2.12 bits per heavy atom. The molecule has 124 valence electrons. The average Bonchev–Trinajstić information content (AvgIpc) is 2.98. The van der Waals surface area contributed by atoms with Crippen molar-refractivity contribution in [1.82, 2.24) is 9.88 Å². The van der Waals surface area contributed by atoms with Gasteiger partial charge in [-0.2, -0.15) is 0 Å². The molecule has 4 rings (SSSR count). The van der Waals surface area contributed by atoms with Gasteiger partial charge in [0.1, 0.15) is 11.3 Å². The zero-order chi connectivity index (χ0) is 16.5. The van der Waals surface area contributed by atoms with Crippen LogP contribution in [0.15, 0.2) is 46.9 Å². The summed E-state index contributed by atoms with van der Waals surface area (Å²) in [6.45, 7) is 5.55. The SMILES string of the molecule is C[C@@H]1CCCN(Cc2ccc3oc(-c4ccccc4F)nc3c2)C1. The molecule has 0 radical (unpaired) electrons. The highest BCUT2D eigenvalue weighted by Gasteiger charge is 2.17. The fourth-order valence-corrected chi connectivity index (χ4v) is 3.51. The van der Waals surface area contributed by atoms with Crippen molar-refractivity contribution in [3.63, 3.8) is 0 Å². The largest absolute Gasteiger partial charge is 0.436 e. The van der Waals surface area contributed by atoms with Crippen molar-refractivity contribution in [2.45, 2.75) is 26.3 Å². The van der Waals surface area contributed by atoms with Crippen LogP contribution >= 0.6 is 0 Å². The lowest BCUT2D eigenvalue weighted by molar-refractivity contribution is 0.176. The number of fused-ring (bicyclic) bond motifs is 1. The molecule has 0 amide bonds. The van der Waals surface area contributed by atoms with E-state index < -0.39 is 0 Å². The number of likely N-dealkylation sites (tertiary alicyclic amines) is 1. The lowest BCUT2D eigenvalue weighted by Gasteiger charge is -2.30. The van der Waals surface area contributed by atoms with Crippen LogP contribution < -0.4 is 0 Å². The molecule has 0 N–H and O–H groups in total. The molecule has 1 fully saturated rings. The van der Waals surface area contributed by atoms with Gasteiger partial charge in [-0.05, 0) is 55.1 Å². The van der Waals surface area contributed by atoms with E-state index in [1.807, 2.05) is 6.07 Å². The molecule has 1 aliphatic heterocycles. The van der Waals surface area contributed by atoms with Crippen molar-refractivity contribution < 1.29 is 8.81 Å². The minimum absolute atomic E-state index is 0.313. The van der Waals surface area contributed by atoms with Crippen LogP contribution in [0.25, 0.3) is 22.6 Å². The van der Waals surface area contributed by atoms with Gasteiger partial charge < -0.3 is 4.42 Å². The highest BCUT2D eigenvalue weighted by molar-refractivity contribution is 5.77. The van der Waals surface area contributed by atoms with Crippen molar-refractivity contribution in [3.8, 4) is 11.5 Å². The van der Waals surface area contributed by atoms with E-state index in [9.17, 15) is 4.39 Å². The van der Waals surface area contributed by atoms with Crippen LogP contribution in [0.4, 0.5) is 4.39 Å². The van der Waals surface area contributed by atoms with E-state index in [2.05, 4.69) is 28.9 Å². The first kappa shape index (κ1) is 15.3. The van der Waals surface area contributed by atoms with Crippen molar-refractivity contribution in [1.29, 1.82) is 0 Å². The summed E-state index contributed by atoms with van der Waals surface area (Å²) in [6.07, 6.45) is 2.59. The molecule has 24 heavy (non-hydrogen) atoms. The summed E-state index contributed by atoms with van der Waals surface area (Å²) in [4.78, 5) is 6.98. The number of nitrogens with zero attached hydrogens (tertiary/aromatic N) is 2. The topological polar surface area (TPSA) is 29.3 Å². The van der Waals surface area contributed by atoms with Crippen LogP contribution in [-0.4, -0.2) is 23.0 Å².